The number of rotatable bonds is 8. The van der Waals surface area contributed by atoms with Crippen molar-refractivity contribution < 1.29 is 38.5 Å². The number of esters is 2. The van der Waals surface area contributed by atoms with Gasteiger partial charge in [0.2, 0.25) is 11.6 Å². The molecule has 2 unspecified atom stereocenters. The predicted molar refractivity (Wildman–Crippen MR) is 137 cm³/mol. The van der Waals surface area contributed by atoms with Crippen molar-refractivity contribution in [2.45, 2.75) is 64.8 Å². The Morgan fingerprint density at radius 1 is 1.24 bits per heavy atom. The third kappa shape index (κ3) is 4.50. The zero-order valence-corrected chi connectivity index (χ0v) is 23.2. The SMILES string of the molecule is COC[C@H]1OC(=O)/C(=C\NCCCN(C)C)C2C(=O)C(=O)C3=C([C@H](OC(C)=O)C[C@@]4(C)C3CC[C@@H]4O)[C@]21C. The van der Waals surface area contributed by atoms with Crippen molar-refractivity contribution in [3.63, 3.8) is 0 Å². The second-order valence-corrected chi connectivity index (χ2v) is 11.8. The maximum atomic E-state index is 13.9. The first-order valence-corrected chi connectivity index (χ1v) is 13.3. The van der Waals surface area contributed by atoms with Crippen LogP contribution in [0.4, 0.5) is 0 Å². The van der Waals surface area contributed by atoms with Crippen molar-refractivity contribution >= 4 is 23.5 Å². The van der Waals surface area contributed by atoms with Gasteiger partial charge in [0.05, 0.1) is 24.2 Å². The molecule has 38 heavy (non-hydrogen) atoms. The molecule has 1 saturated heterocycles. The molecule has 0 amide bonds. The van der Waals surface area contributed by atoms with Crippen LogP contribution in [0.5, 0.6) is 0 Å². The Morgan fingerprint density at radius 3 is 2.58 bits per heavy atom. The molecule has 1 saturated carbocycles. The molecule has 0 aromatic heterocycles. The summed E-state index contributed by atoms with van der Waals surface area (Å²) in [5.41, 5.74) is -1.01. The van der Waals surface area contributed by atoms with Crippen molar-refractivity contribution in [1.82, 2.24) is 10.2 Å². The summed E-state index contributed by atoms with van der Waals surface area (Å²) in [6, 6.07) is 0. The van der Waals surface area contributed by atoms with Crippen LogP contribution in [0.25, 0.3) is 0 Å². The number of fused-ring (bicyclic) bond motifs is 4. The average Bonchev–Trinajstić information content (AvgIpc) is 3.12. The van der Waals surface area contributed by atoms with Gasteiger partial charge in [0, 0.05) is 43.2 Å². The van der Waals surface area contributed by atoms with E-state index in [1.165, 1.54) is 20.2 Å². The second kappa shape index (κ2) is 10.5. The fourth-order valence-corrected chi connectivity index (χ4v) is 7.18. The second-order valence-electron chi connectivity index (χ2n) is 11.8. The quantitative estimate of drug-likeness (QED) is 0.203. The van der Waals surface area contributed by atoms with E-state index in [2.05, 4.69) is 5.32 Å². The molecule has 1 aliphatic heterocycles. The molecule has 3 aliphatic carbocycles. The number of allylic oxidation sites excluding steroid dienone is 1. The molecule has 1 heterocycles. The molecule has 0 radical (unpaired) electrons. The minimum atomic E-state index is -1.18. The summed E-state index contributed by atoms with van der Waals surface area (Å²) in [5, 5.41) is 14.0. The lowest BCUT2D eigenvalue weighted by Crippen LogP contribution is -2.63. The average molecular weight is 533 g/mol. The van der Waals surface area contributed by atoms with Crippen LogP contribution in [0.15, 0.2) is 22.9 Å². The summed E-state index contributed by atoms with van der Waals surface area (Å²) < 4.78 is 17.1. The molecule has 2 N–H and O–H groups in total. The number of ketones is 2. The van der Waals surface area contributed by atoms with E-state index in [0.717, 1.165) is 13.0 Å². The fourth-order valence-electron chi connectivity index (χ4n) is 7.18. The van der Waals surface area contributed by atoms with E-state index >= 15 is 0 Å². The normalized spacial score (nSPS) is 37.6. The number of aliphatic hydroxyl groups is 1. The summed E-state index contributed by atoms with van der Waals surface area (Å²) in [4.78, 5) is 55.3. The number of cyclic esters (lactones) is 1. The number of carbonyl (C=O) groups excluding carboxylic acids is 4. The maximum absolute atomic E-state index is 13.9. The monoisotopic (exact) mass is 532 g/mol. The minimum absolute atomic E-state index is 0.00210. The number of Topliss-reactive ketones (excluding diaryl/α,β-unsaturated/α-hetero) is 2. The summed E-state index contributed by atoms with van der Waals surface area (Å²) in [6.45, 7) is 6.38. The van der Waals surface area contributed by atoms with Crippen molar-refractivity contribution in [2.24, 2.45) is 22.7 Å². The van der Waals surface area contributed by atoms with Crippen LogP contribution in [0.1, 0.15) is 46.5 Å². The first-order chi connectivity index (χ1) is 17.9. The van der Waals surface area contributed by atoms with Crippen molar-refractivity contribution in [3.8, 4) is 0 Å². The number of nitrogens with one attached hydrogen (secondary N) is 1. The van der Waals surface area contributed by atoms with Crippen LogP contribution in [0.2, 0.25) is 0 Å². The van der Waals surface area contributed by atoms with Crippen LogP contribution < -0.4 is 5.32 Å². The summed E-state index contributed by atoms with van der Waals surface area (Å²) >= 11 is 0. The van der Waals surface area contributed by atoms with Crippen LogP contribution >= 0.6 is 0 Å². The number of aliphatic hydroxyl groups excluding tert-OH is 1. The zero-order chi connectivity index (χ0) is 28.0. The molecule has 210 valence electrons. The van der Waals surface area contributed by atoms with Crippen molar-refractivity contribution in [3.05, 3.63) is 22.9 Å². The molecule has 0 spiro atoms. The van der Waals surface area contributed by atoms with Crippen LogP contribution in [0.3, 0.4) is 0 Å². The summed E-state index contributed by atoms with van der Waals surface area (Å²) in [5.74, 6) is -4.06. The number of hydrogen-bond acceptors (Lipinski definition) is 10. The van der Waals surface area contributed by atoms with Gasteiger partial charge in [0.25, 0.3) is 0 Å². The highest BCUT2D eigenvalue weighted by Crippen LogP contribution is 2.63. The molecule has 10 nitrogen and oxygen atoms in total. The van der Waals surface area contributed by atoms with Gasteiger partial charge in [-0.2, -0.15) is 0 Å². The third-order valence-corrected chi connectivity index (χ3v) is 9.06. The molecule has 10 heteroatoms. The van der Waals surface area contributed by atoms with E-state index < -0.39 is 58.6 Å². The lowest BCUT2D eigenvalue weighted by Gasteiger charge is -2.55. The molecule has 4 rings (SSSR count). The first-order valence-electron chi connectivity index (χ1n) is 13.3. The third-order valence-electron chi connectivity index (χ3n) is 9.06. The standard InChI is InChI=1S/C28H40N2O8/c1-15(31)37-18-12-27(2)17(8-9-19(27)32)21-23(18)28(3)20(14-36-6)38-26(35)16(22(28)25(34)24(21)33)13-29-10-7-11-30(4)5/h13,17-20,22,29,32H,7-12,14H2,1-6H3/b16-13-/t17?,18-,19+,20-,22?,27+,28+/m1/s1. The fraction of sp³-hybridized carbons (Fsp3) is 0.714. The van der Waals surface area contributed by atoms with Gasteiger partial charge < -0.3 is 29.5 Å². The molecule has 0 aromatic rings. The van der Waals surface area contributed by atoms with Gasteiger partial charge in [-0.25, -0.2) is 4.79 Å². The topological polar surface area (TPSA) is 131 Å². The van der Waals surface area contributed by atoms with Gasteiger partial charge in [-0.1, -0.05) is 13.8 Å². The van der Waals surface area contributed by atoms with E-state index in [1.54, 1.807) is 6.92 Å². The van der Waals surface area contributed by atoms with Gasteiger partial charge in [-0.15, -0.1) is 0 Å². The number of hydrogen-bond donors (Lipinski definition) is 2. The highest BCUT2D eigenvalue weighted by atomic mass is 16.6. The largest absolute Gasteiger partial charge is 0.458 e. The predicted octanol–water partition coefficient (Wildman–Crippen LogP) is 1.17. The van der Waals surface area contributed by atoms with E-state index in [4.69, 9.17) is 14.2 Å². The van der Waals surface area contributed by atoms with Crippen molar-refractivity contribution in [2.75, 3.05) is 40.9 Å². The van der Waals surface area contributed by atoms with E-state index in [9.17, 15) is 24.3 Å². The van der Waals surface area contributed by atoms with Crippen LogP contribution in [-0.4, -0.2) is 92.7 Å². The summed E-state index contributed by atoms with van der Waals surface area (Å²) in [6.07, 6.45) is 1.18. The first kappa shape index (κ1) is 28.4. The molecule has 4 aliphatic rings. The Hall–Kier alpha value is -2.56. The Bertz CT molecular complexity index is 1080. The maximum Gasteiger partial charge on any atom is 0.336 e. The lowest BCUT2D eigenvalue weighted by molar-refractivity contribution is -0.174. The van der Waals surface area contributed by atoms with Crippen molar-refractivity contribution in [1.29, 1.82) is 0 Å². The zero-order valence-electron chi connectivity index (χ0n) is 23.2. The number of carbonyl (C=O) groups is 4. The highest BCUT2D eigenvalue weighted by molar-refractivity contribution is 6.47. The highest BCUT2D eigenvalue weighted by Gasteiger charge is 2.67. The van der Waals surface area contributed by atoms with E-state index in [0.29, 0.717) is 37.0 Å². The van der Waals surface area contributed by atoms with E-state index in [-0.39, 0.29) is 18.1 Å². The number of ether oxygens (including phenoxy) is 3. The minimum Gasteiger partial charge on any atom is -0.458 e. The Kier molecular flexibility index (Phi) is 7.89. The van der Waals surface area contributed by atoms with Gasteiger partial charge in [-0.3, -0.25) is 14.4 Å². The number of nitrogens with zero attached hydrogens (tertiary/aromatic N) is 1. The molecule has 7 atom stereocenters. The van der Waals surface area contributed by atoms with Gasteiger partial charge in [0.15, 0.2) is 0 Å². The smallest absolute Gasteiger partial charge is 0.336 e. The van der Waals surface area contributed by atoms with Crippen LogP contribution in [-0.2, 0) is 33.4 Å². The Labute approximate surface area is 223 Å². The number of methoxy groups -OCH3 is 1. The van der Waals surface area contributed by atoms with Crippen LogP contribution in [0, 0.1) is 22.7 Å². The Morgan fingerprint density at radius 2 is 1.95 bits per heavy atom. The molecular formula is C28H40N2O8. The van der Waals surface area contributed by atoms with Gasteiger partial charge >= 0.3 is 11.9 Å². The Balaban J connectivity index is 1.87. The molecule has 0 aromatic carbocycles. The molecule has 0 bridgehead atoms. The molecular weight excluding hydrogens is 492 g/mol. The molecule has 2 fully saturated rings. The summed E-state index contributed by atoms with van der Waals surface area (Å²) in [7, 11) is 5.41. The van der Waals surface area contributed by atoms with E-state index in [1.807, 2.05) is 25.9 Å². The van der Waals surface area contributed by atoms with Gasteiger partial charge in [0.1, 0.15) is 12.2 Å². The lowest BCUT2D eigenvalue weighted by atomic mass is 9.50. The van der Waals surface area contributed by atoms with Gasteiger partial charge in [-0.05, 0) is 57.8 Å².